The fourth-order valence-corrected chi connectivity index (χ4v) is 0.262. The van der Waals surface area contributed by atoms with Crippen molar-refractivity contribution < 1.29 is 19.0 Å². The molecule has 0 aliphatic heterocycles. The predicted molar refractivity (Wildman–Crippen MR) is 45.0 cm³/mol. The minimum absolute atomic E-state index is 0.610. The number of hydrogen-bond acceptors (Lipinski definition) is 3. The van der Waals surface area contributed by atoms with Gasteiger partial charge in [-0.3, -0.25) is 4.89 Å². The lowest BCUT2D eigenvalue weighted by Crippen LogP contribution is -2.34. The molecule has 0 amide bonds. The number of carbonyl (C=O) groups is 1. The highest BCUT2D eigenvalue weighted by Crippen LogP contribution is 2.12. The topological polar surface area (TPSA) is 35.5 Å². The van der Waals surface area contributed by atoms with Crippen molar-refractivity contribution in [2.45, 2.75) is 38.9 Å². The van der Waals surface area contributed by atoms with Crippen LogP contribution in [0.15, 0.2) is 0 Å². The molecule has 0 aromatic carbocycles. The summed E-state index contributed by atoms with van der Waals surface area (Å²) in [7, 11) is 1.11. The van der Waals surface area contributed by atoms with Crippen molar-refractivity contribution in [2.75, 3.05) is 0 Å². The van der Waals surface area contributed by atoms with Crippen molar-refractivity contribution in [3.05, 3.63) is 0 Å². The van der Waals surface area contributed by atoms with Gasteiger partial charge in [-0.15, -0.1) is 0 Å². The monoisotopic (exact) mass is 176 g/mol. The van der Waals surface area contributed by atoms with E-state index < -0.39 is 17.1 Å². The summed E-state index contributed by atoms with van der Waals surface area (Å²) >= 11 is 0. The van der Waals surface area contributed by atoms with Gasteiger partial charge in [-0.2, -0.15) is 4.89 Å². The second-order valence-corrected chi connectivity index (χ2v) is 4.04. The maximum Gasteiger partial charge on any atom is 0.369 e. The Morgan fingerprint density at radius 3 is 2.00 bits per heavy atom. The third kappa shape index (κ3) is 5.13. The SMILES string of the molecule is BC(C)(F)C(=O)OOC(C)(C)C. The molecule has 0 spiro atoms. The summed E-state index contributed by atoms with van der Waals surface area (Å²) < 4.78 is 12.8. The Labute approximate surface area is 72.6 Å². The molecule has 0 N–H and O–H groups in total. The van der Waals surface area contributed by atoms with Gasteiger partial charge in [-0.05, 0) is 27.7 Å². The minimum atomic E-state index is -2.01. The molecule has 0 heterocycles. The van der Waals surface area contributed by atoms with Crippen LogP contribution in [0.4, 0.5) is 4.39 Å². The predicted octanol–water partition coefficient (Wildman–Crippen LogP) is 0.579. The van der Waals surface area contributed by atoms with E-state index in [9.17, 15) is 9.18 Å². The maximum atomic E-state index is 12.8. The smallest absolute Gasteiger partial charge is 0.295 e. The van der Waals surface area contributed by atoms with Gasteiger partial charge in [-0.1, -0.05) is 0 Å². The summed E-state index contributed by atoms with van der Waals surface area (Å²) in [5.74, 6) is -1.02. The second kappa shape index (κ2) is 3.43. The zero-order valence-electron chi connectivity index (χ0n) is 8.10. The fraction of sp³-hybridized carbons (Fsp3) is 0.857. The summed E-state index contributed by atoms with van der Waals surface area (Å²) in [6, 6.07) is 0. The van der Waals surface area contributed by atoms with Crippen LogP contribution in [-0.2, 0) is 14.6 Å². The molecule has 5 heteroatoms. The molecule has 0 aromatic rings. The van der Waals surface area contributed by atoms with Crippen molar-refractivity contribution in [3.63, 3.8) is 0 Å². The lowest BCUT2D eigenvalue weighted by Gasteiger charge is -2.19. The maximum absolute atomic E-state index is 12.8. The van der Waals surface area contributed by atoms with Gasteiger partial charge in [0.1, 0.15) is 5.60 Å². The third-order valence-corrected chi connectivity index (χ3v) is 0.853. The first kappa shape index (κ1) is 11.4. The van der Waals surface area contributed by atoms with E-state index in [2.05, 4.69) is 9.78 Å². The molecule has 70 valence electrons. The van der Waals surface area contributed by atoms with Crippen molar-refractivity contribution >= 4 is 13.8 Å². The lowest BCUT2D eigenvalue weighted by atomic mass is 9.86. The number of rotatable bonds is 2. The van der Waals surface area contributed by atoms with Crippen LogP contribution < -0.4 is 0 Å². The summed E-state index contributed by atoms with van der Waals surface area (Å²) in [5.41, 5.74) is -2.62. The largest absolute Gasteiger partial charge is 0.369 e. The summed E-state index contributed by atoms with van der Waals surface area (Å²) in [4.78, 5) is 19.7. The minimum Gasteiger partial charge on any atom is -0.295 e. The average Bonchev–Trinajstić information content (AvgIpc) is 1.78. The normalized spacial score (nSPS) is 16.8. The van der Waals surface area contributed by atoms with Crippen LogP contribution in [-0.4, -0.2) is 25.0 Å². The van der Waals surface area contributed by atoms with E-state index in [1.165, 1.54) is 0 Å². The van der Waals surface area contributed by atoms with Gasteiger partial charge in [-0.25, -0.2) is 9.18 Å². The van der Waals surface area contributed by atoms with Gasteiger partial charge in [0.2, 0.25) is 0 Å². The first-order chi connectivity index (χ1) is 5.13. The zero-order valence-corrected chi connectivity index (χ0v) is 8.10. The number of alkyl halides is 1. The van der Waals surface area contributed by atoms with E-state index >= 15 is 0 Å². The first-order valence-corrected chi connectivity index (χ1v) is 3.72. The van der Waals surface area contributed by atoms with Gasteiger partial charge in [0, 0.05) is 0 Å². The standard InChI is InChI=1S/C7H14BFO3/c1-6(2,3)12-11-5(10)7(4,8)9/h8H2,1-4H3. The average molecular weight is 176 g/mol. The van der Waals surface area contributed by atoms with Crippen molar-refractivity contribution in [3.8, 4) is 0 Å². The van der Waals surface area contributed by atoms with E-state index in [1.807, 2.05) is 0 Å². The van der Waals surface area contributed by atoms with Gasteiger partial charge in [0.05, 0.1) is 0 Å². The van der Waals surface area contributed by atoms with E-state index in [4.69, 9.17) is 0 Å². The first-order valence-electron chi connectivity index (χ1n) is 3.72. The third-order valence-electron chi connectivity index (χ3n) is 0.853. The summed E-state index contributed by atoms with van der Waals surface area (Å²) in [6.45, 7) is 6.21. The molecule has 0 saturated carbocycles. The highest BCUT2D eigenvalue weighted by Gasteiger charge is 2.30. The van der Waals surface area contributed by atoms with Crippen LogP contribution in [0.25, 0.3) is 0 Å². The molecule has 1 atom stereocenters. The van der Waals surface area contributed by atoms with Gasteiger partial charge in [0.15, 0.2) is 13.4 Å². The molecule has 0 aliphatic rings. The second-order valence-electron chi connectivity index (χ2n) is 4.04. The van der Waals surface area contributed by atoms with Crippen molar-refractivity contribution in [2.24, 2.45) is 0 Å². The Balaban J connectivity index is 3.90. The quantitative estimate of drug-likeness (QED) is 0.350. The Hall–Kier alpha value is -0.575. The Kier molecular flexibility index (Phi) is 3.27. The highest BCUT2D eigenvalue weighted by atomic mass is 19.1. The molecule has 0 aromatic heterocycles. The van der Waals surface area contributed by atoms with Gasteiger partial charge < -0.3 is 0 Å². The van der Waals surface area contributed by atoms with Crippen LogP contribution >= 0.6 is 0 Å². The van der Waals surface area contributed by atoms with E-state index in [0.29, 0.717) is 0 Å². The van der Waals surface area contributed by atoms with Gasteiger partial charge in [0.25, 0.3) is 0 Å². The Bertz CT molecular complexity index is 168. The highest BCUT2D eigenvalue weighted by molar-refractivity contribution is 6.25. The Morgan fingerprint density at radius 2 is 1.75 bits per heavy atom. The summed E-state index contributed by atoms with van der Waals surface area (Å²) in [6.07, 6.45) is 0. The van der Waals surface area contributed by atoms with Gasteiger partial charge >= 0.3 is 5.97 Å². The molecule has 0 aliphatic carbocycles. The van der Waals surface area contributed by atoms with Crippen molar-refractivity contribution in [1.29, 1.82) is 0 Å². The molecule has 0 radical (unpaired) electrons. The number of carbonyl (C=O) groups excluding carboxylic acids is 1. The molecular formula is C7H14BFO3. The van der Waals surface area contributed by atoms with Crippen molar-refractivity contribution in [1.82, 2.24) is 0 Å². The van der Waals surface area contributed by atoms with Crippen LogP contribution in [0.5, 0.6) is 0 Å². The molecule has 3 nitrogen and oxygen atoms in total. The molecular weight excluding hydrogens is 162 g/mol. The van der Waals surface area contributed by atoms with Crippen LogP contribution in [0.1, 0.15) is 27.7 Å². The zero-order chi connectivity index (χ0) is 9.99. The molecule has 1 unspecified atom stereocenters. The molecule has 0 fully saturated rings. The van der Waals surface area contributed by atoms with E-state index in [-0.39, 0.29) is 0 Å². The lowest BCUT2D eigenvalue weighted by molar-refractivity contribution is -0.324. The van der Waals surface area contributed by atoms with Crippen LogP contribution in [0, 0.1) is 0 Å². The van der Waals surface area contributed by atoms with E-state index in [0.717, 1.165) is 14.8 Å². The fourth-order valence-electron chi connectivity index (χ4n) is 0.262. The van der Waals surface area contributed by atoms with Crippen LogP contribution in [0.3, 0.4) is 0 Å². The number of hydrogen-bond donors (Lipinski definition) is 0. The molecule has 0 saturated heterocycles. The molecule has 0 bridgehead atoms. The van der Waals surface area contributed by atoms with E-state index in [1.54, 1.807) is 20.8 Å². The molecule has 12 heavy (non-hydrogen) atoms. The Morgan fingerprint density at radius 1 is 1.33 bits per heavy atom. The van der Waals surface area contributed by atoms with Crippen LogP contribution in [0.2, 0.25) is 0 Å². The summed E-state index contributed by atoms with van der Waals surface area (Å²) in [5, 5.41) is 0. The molecule has 0 rings (SSSR count). The number of halogens is 1.